The second-order valence-electron chi connectivity index (χ2n) is 10.9. The quantitative estimate of drug-likeness (QED) is 0.414. The van der Waals surface area contributed by atoms with Gasteiger partial charge in [0.15, 0.2) is 11.5 Å². The van der Waals surface area contributed by atoms with E-state index in [4.69, 9.17) is 9.47 Å². The van der Waals surface area contributed by atoms with Crippen LogP contribution in [0.5, 0.6) is 11.5 Å². The van der Waals surface area contributed by atoms with Crippen LogP contribution in [-0.4, -0.2) is 115 Å². The summed E-state index contributed by atoms with van der Waals surface area (Å²) in [7, 11) is 4.05. The zero-order valence-corrected chi connectivity index (χ0v) is 22.9. The summed E-state index contributed by atoms with van der Waals surface area (Å²) in [5.74, 6) is -0.670. The predicted molar refractivity (Wildman–Crippen MR) is 142 cm³/mol. The summed E-state index contributed by atoms with van der Waals surface area (Å²) >= 11 is 0. The highest BCUT2D eigenvalue weighted by molar-refractivity contribution is 5.80. The van der Waals surface area contributed by atoms with Gasteiger partial charge in [-0.25, -0.2) is 0 Å². The Balaban J connectivity index is 1.57. The van der Waals surface area contributed by atoms with Crippen LogP contribution in [0.1, 0.15) is 50.5 Å². The van der Waals surface area contributed by atoms with Crippen molar-refractivity contribution in [2.45, 2.75) is 51.0 Å². The lowest BCUT2D eigenvalue weighted by Crippen LogP contribution is -2.49. The topological polar surface area (TPSA) is 103 Å². The van der Waals surface area contributed by atoms with Crippen LogP contribution in [0.4, 0.5) is 0 Å². The van der Waals surface area contributed by atoms with E-state index >= 15 is 0 Å². The van der Waals surface area contributed by atoms with Crippen LogP contribution in [0, 0.1) is 5.92 Å². The molecular weight excluding hydrogens is 488 g/mol. The number of unbranched alkanes of at least 4 members (excludes halogenated alkanes) is 1. The molecule has 0 radical (unpaired) electrons. The lowest BCUT2D eigenvalue weighted by Gasteiger charge is -2.32. The van der Waals surface area contributed by atoms with E-state index in [0.717, 1.165) is 37.8 Å². The third kappa shape index (κ3) is 6.58. The van der Waals surface area contributed by atoms with E-state index in [-0.39, 0.29) is 31.1 Å². The largest absolute Gasteiger partial charge is 0.481 e. The van der Waals surface area contributed by atoms with Gasteiger partial charge in [0.25, 0.3) is 0 Å². The summed E-state index contributed by atoms with van der Waals surface area (Å²) in [6, 6.07) is 5.12. The van der Waals surface area contributed by atoms with Gasteiger partial charge >= 0.3 is 5.97 Å². The number of carbonyl (C=O) groups excluding carboxylic acids is 2. The fourth-order valence-corrected chi connectivity index (χ4v) is 5.89. The summed E-state index contributed by atoms with van der Waals surface area (Å²) in [6.45, 7) is 6.04. The van der Waals surface area contributed by atoms with Gasteiger partial charge in [-0.05, 0) is 57.6 Å². The standard InChI is InChI=1S/C28H42N4O6/c1-4-5-12-30(14-7-11-29(2)3)26(34)18-32-16-21(20-9-10-23-24(15-20)38-19-37-23)27(28(35)36)22(32)17-31-13-6-8-25(31)33/h9-10,15,21-22,27H,4-8,11-14,16-19H2,1-3H3,(H,35,36)/t21-,22+,27?/m1/s1. The lowest BCUT2D eigenvalue weighted by atomic mass is 9.85. The number of amides is 2. The summed E-state index contributed by atoms with van der Waals surface area (Å²) in [4.78, 5) is 46.6. The molecule has 3 heterocycles. The van der Waals surface area contributed by atoms with Crippen molar-refractivity contribution in [1.29, 1.82) is 0 Å². The molecule has 0 aliphatic carbocycles. The van der Waals surface area contributed by atoms with E-state index in [1.54, 1.807) is 4.90 Å². The number of likely N-dealkylation sites (tertiary alicyclic amines) is 2. The molecule has 2 saturated heterocycles. The van der Waals surface area contributed by atoms with Crippen LogP contribution < -0.4 is 9.47 Å². The second-order valence-corrected chi connectivity index (χ2v) is 10.9. The number of fused-ring (bicyclic) bond motifs is 1. The number of aliphatic carboxylic acids is 1. The highest BCUT2D eigenvalue weighted by Crippen LogP contribution is 2.42. The minimum absolute atomic E-state index is 0.0189. The average molecular weight is 531 g/mol. The van der Waals surface area contributed by atoms with Gasteiger partial charge in [0, 0.05) is 51.1 Å². The summed E-state index contributed by atoms with van der Waals surface area (Å²) in [6.07, 6.45) is 4.08. The number of carboxylic acids is 1. The average Bonchev–Trinajstić information content (AvgIpc) is 3.60. The molecule has 3 aliphatic heterocycles. The van der Waals surface area contributed by atoms with Crippen molar-refractivity contribution < 1.29 is 29.0 Å². The fourth-order valence-electron chi connectivity index (χ4n) is 5.89. The number of rotatable bonds is 13. The van der Waals surface area contributed by atoms with E-state index in [1.165, 1.54) is 0 Å². The number of carboxylic acid groups (broad SMARTS) is 1. The van der Waals surface area contributed by atoms with Gasteiger partial charge < -0.3 is 29.3 Å². The SMILES string of the molecule is CCCCN(CCCN(C)C)C(=O)CN1C[C@H](c2ccc3c(c2)OCO3)C(C(=O)O)[C@@H]1CN1CCCC1=O. The molecular formula is C28H42N4O6. The molecule has 2 fully saturated rings. The third-order valence-corrected chi connectivity index (χ3v) is 7.94. The Hall–Kier alpha value is -2.85. The Morgan fingerprint density at radius 2 is 1.87 bits per heavy atom. The van der Waals surface area contributed by atoms with Crippen molar-refractivity contribution in [2.75, 3.05) is 66.7 Å². The Morgan fingerprint density at radius 1 is 1.11 bits per heavy atom. The predicted octanol–water partition coefficient (Wildman–Crippen LogP) is 2.09. The molecule has 0 spiro atoms. The van der Waals surface area contributed by atoms with Crippen molar-refractivity contribution in [3.05, 3.63) is 23.8 Å². The highest BCUT2D eigenvalue weighted by Gasteiger charge is 2.48. The summed E-state index contributed by atoms with van der Waals surface area (Å²) < 4.78 is 11.0. The second kappa shape index (κ2) is 12.8. The minimum Gasteiger partial charge on any atom is -0.481 e. The first-order valence-corrected chi connectivity index (χ1v) is 13.8. The molecule has 1 N–H and O–H groups in total. The maximum atomic E-state index is 13.6. The molecule has 3 atom stereocenters. The molecule has 1 aromatic carbocycles. The van der Waals surface area contributed by atoms with E-state index < -0.39 is 17.9 Å². The maximum absolute atomic E-state index is 13.6. The molecule has 10 heteroatoms. The molecule has 38 heavy (non-hydrogen) atoms. The van der Waals surface area contributed by atoms with Crippen molar-refractivity contribution in [1.82, 2.24) is 19.6 Å². The van der Waals surface area contributed by atoms with E-state index in [2.05, 4.69) is 11.8 Å². The van der Waals surface area contributed by atoms with E-state index in [0.29, 0.717) is 50.6 Å². The van der Waals surface area contributed by atoms with Crippen LogP contribution >= 0.6 is 0 Å². The van der Waals surface area contributed by atoms with E-state index in [9.17, 15) is 19.5 Å². The zero-order chi connectivity index (χ0) is 27.2. The van der Waals surface area contributed by atoms with Gasteiger partial charge in [-0.3, -0.25) is 19.3 Å². The molecule has 1 unspecified atom stereocenters. The Morgan fingerprint density at radius 3 is 2.55 bits per heavy atom. The first-order chi connectivity index (χ1) is 18.3. The number of benzene rings is 1. The number of nitrogens with zero attached hydrogens (tertiary/aromatic N) is 4. The molecule has 210 valence electrons. The molecule has 2 amide bonds. The summed E-state index contributed by atoms with van der Waals surface area (Å²) in [5.41, 5.74) is 0.850. The van der Waals surface area contributed by atoms with Crippen LogP contribution in [0.15, 0.2) is 18.2 Å². The monoisotopic (exact) mass is 530 g/mol. The highest BCUT2D eigenvalue weighted by atomic mass is 16.7. The maximum Gasteiger partial charge on any atom is 0.308 e. The van der Waals surface area contributed by atoms with Gasteiger partial charge in [0.05, 0.1) is 12.5 Å². The first kappa shape index (κ1) is 28.2. The van der Waals surface area contributed by atoms with Crippen molar-refractivity contribution in [3.63, 3.8) is 0 Å². The van der Waals surface area contributed by atoms with Crippen LogP contribution in [-0.2, 0) is 14.4 Å². The van der Waals surface area contributed by atoms with Gasteiger partial charge in [-0.1, -0.05) is 19.4 Å². The number of hydrogen-bond donors (Lipinski definition) is 1. The normalized spacial score (nSPS) is 23.0. The van der Waals surface area contributed by atoms with Crippen molar-refractivity contribution in [2.24, 2.45) is 5.92 Å². The molecule has 4 rings (SSSR count). The van der Waals surface area contributed by atoms with E-state index in [1.807, 2.05) is 42.1 Å². The Bertz CT molecular complexity index is 1000. The molecule has 10 nitrogen and oxygen atoms in total. The first-order valence-electron chi connectivity index (χ1n) is 13.8. The Labute approximate surface area is 225 Å². The zero-order valence-electron chi connectivity index (χ0n) is 22.9. The summed E-state index contributed by atoms with van der Waals surface area (Å²) in [5, 5.41) is 10.4. The number of hydrogen-bond acceptors (Lipinski definition) is 7. The van der Waals surface area contributed by atoms with Crippen molar-refractivity contribution in [3.8, 4) is 11.5 Å². The Kier molecular flexibility index (Phi) is 9.49. The van der Waals surface area contributed by atoms with Crippen molar-refractivity contribution >= 4 is 17.8 Å². The van der Waals surface area contributed by atoms with Crippen LogP contribution in [0.3, 0.4) is 0 Å². The lowest BCUT2D eigenvalue weighted by molar-refractivity contribution is -0.144. The van der Waals surface area contributed by atoms with Gasteiger partial charge in [-0.2, -0.15) is 0 Å². The van der Waals surface area contributed by atoms with Crippen LogP contribution in [0.2, 0.25) is 0 Å². The van der Waals surface area contributed by atoms with Crippen LogP contribution in [0.25, 0.3) is 0 Å². The van der Waals surface area contributed by atoms with Gasteiger partial charge in [-0.15, -0.1) is 0 Å². The van der Waals surface area contributed by atoms with Gasteiger partial charge in [0.2, 0.25) is 18.6 Å². The molecule has 1 aromatic rings. The molecule has 0 aromatic heterocycles. The smallest absolute Gasteiger partial charge is 0.308 e. The third-order valence-electron chi connectivity index (χ3n) is 7.94. The minimum atomic E-state index is -0.909. The number of carbonyl (C=O) groups is 3. The van der Waals surface area contributed by atoms with Gasteiger partial charge in [0.1, 0.15) is 0 Å². The molecule has 0 bridgehead atoms. The molecule has 0 saturated carbocycles. The fraction of sp³-hybridized carbons (Fsp3) is 0.679. The molecule has 3 aliphatic rings. The number of ether oxygens (including phenoxy) is 2.